The van der Waals surface area contributed by atoms with Crippen molar-refractivity contribution in [3.63, 3.8) is 0 Å². The van der Waals surface area contributed by atoms with Gasteiger partial charge in [0.2, 0.25) is 5.89 Å². The molecule has 0 aliphatic heterocycles. The zero-order valence-corrected chi connectivity index (χ0v) is 15.0. The molecule has 0 radical (unpaired) electrons. The molecule has 2 aromatic rings. The maximum absolute atomic E-state index is 12.0. The summed E-state index contributed by atoms with van der Waals surface area (Å²) in [5.74, 6) is 0.105. The summed E-state index contributed by atoms with van der Waals surface area (Å²) in [4.78, 5) is 28.2. The molecule has 0 fully saturated rings. The molecule has 0 bridgehead atoms. The van der Waals surface area contributed by atoms with Crippen LogP contribution in [0.1, 0.15) is 56.8 Å². The van der Waals surface area contributed by atoms with Gasteiger partial charge in [-0.3, -0.25) is 9.59 Å². The van der Waals surface area contributed by atoms with Crippen molar-refractivity contribution in [3.05, 3.63) is 41.5 Å². The summed E-state index contributed by atoms with van der Waals surface area (Å²) in [5, 5.41) is 9.07. The van der Waals surface area contributed by atoms with E-state index < -0.39 is 11.8 Å². The number of nitrogens with zero attached hydrogens (tertiary/aromatic N) is 2. The number of nitrogens with one attached hydrogen (secondary N) is 2. The molecule has 2 rings (SSSR count). The number of anilines is 1. The van der Waals surface area contributed by atoms with E-state index in [-0.39, 0.29) is 18.4 Å². The Morgan fingerprint density at radius 1 is 1.08 bits per heavy atom. The van der Waals surface area contributed by atoms with Gasteiger partial charge in [-0.25, -0.2) is 0 Å². The highest BCUT2D eigenvalue weighted by molar-refractivity contribution is 6.39. The number of carbonyl (C=O) groups is 2. The van der Waals surface area contributed by atoms with Crippen LogP contribution in [0.2, 0.25) is 0 Å². The van der Waals surface area contributed by atoms with E-state index in [0.29, 0.717) is 23.8 Å². The summed E-state index contributed by atoms with van der Waals surface area (Å²) in [5.41, 5.74) is 1.63. The van der Waals surface area contributed by atoms with Gasteiger partial charge < -0.3 is 15.2 Å². The molecule has 0 aliphatic carbocycles. The summed E-state index contributed by atoms with van der Waals surface area (Å²) < 4.78 is 5.09. The minimum Gasteiger partial charge on any atom is -0.347 e. The van der Waals surface area contributed by atoms with E-state index in [0.717, 1.165) is 5.56 Å². The van der Waals surface area contributed by atoms with Crippen molar-refractivity contribution < 1.29 is 14.1 Å². The van der Waals surface area contributed by atoms with Crippen molar-refractivity contribution in [2.24, 2.45) is 0 Å². The van der Waals surface area contributed by atoms with E-state index in [1.807, 2.05) is 45.9 Å². The summed E-state index contributed by atoms with van der Waals surface area (Å²) in [7, 11) is 0. The Balaban J connectivity index is 1.85. The lowest BCUT2D eigenvalue weighted by Gasteiger charge is -2.13. The highest BCUT2D eigenvalue weighted by Crippen LogP contribution is 2.23. The lowest BCUT2D eigenvalue weighted by molar-refractivity contribution is -0.136. The second kappa shape index (κ2) is 8.41. The maximum atomic E-state index is 12.0. The Labute approximate surface area is 147 Å². The smallest absolute Gasteiger partial charge is 0.313 e. The average Bonchev–Trinajstić information content (AvgIpc) is 3.04. The van der Waals surface area contributed by atoms with Crippen molar-refractivity contribution in [1.29, 1.82) is 0 Å². The normalized spacial score (nSPS) is 11.0. The Bertz CT molecular complexity index is 737. The fourth-order valence-electron chi connectivity index (χ4n) is 2.26. The van der Waals surface area contributed by atoms with E-state index in [1.165, 1.54) is 0 Å². The van der Waals surface area contributed by atoms with Crippen LogP contribution in [0.5, 0.6) is 0 Å². The fourth-order valence-corrected chi connectivity index (χ4v) is 2.26. The van der Waals surface area contributed by atoms with E-state index in [4.69, 9.17) is 4.52 Å². The van der Waals surface area contributed by atoms with E-state index in [1.54, 1.807) is 6.07 Å². The molecule has 25 heavy (non-hydrogen) atoms. The zero-order valence-electron chi connectivity index (χ0n) is 15.0. The van der Waals surface area contributed by atoms with Crippen LogP contribution < -0.4 is 10.6 Å². The molecule has 0 atom stereocenters. The maximum Gasteiger partial charge on any atom is 0.313 e. The van der Waals surface area contributed by atoms with Crippen LogP contribution in [0.3, 0.4) is 0 Å². The van der Waals surface area contributed by atoms with Crippen LogP contribution >= 0.6 is 0 Å². The Hall–Kier alpha value is -2.70. The number of rotatable bonds is 6. The van der Waals surface area contributed by atoms with Crippen LogP contribution in [0.25, 0.3) is 0 Å². The molecule has 0 saturated heterocycles. The minimum atomic E-state index is -0.693. The number of carbonyl (C=O) groups excluding carboxylic acids is 2. The predicted molar refractivity (Wildman–Crippen MR) is 94.3 cm³/mol. The first kappa shape index (κ1) is 18.6. The number of aromatic nitrogens is 2. The van der Waals surface area contributed by atoms with Crippen LogP contribution in [0, 0.1) is 0 Å². The zero-order chi connectivity index (χ0) is 18.4. The molecule has 0 saturated carbocycles. The van der Waals surface area contributed by atoms with Gasteiger partial charge in [0.15, 0.2) is 5.82 Å². The first-order chi connectivity index (χ1) is 11.9. The standard InChI is InChI=1S/C18H24N4O3/c1-11(2)13-7-5-6-8-14(13)20-18(24)17(23)19-10-9-15-21-16(12(3)4)22-25-15/h5-8,11-12H,9-10H2,1-4H3,(H,19,23)(H,20,24). The van der Waals surface area contributed by atoms with E-state index in [9.17, 15) is 9.59 Å². The van der Waals surface area contributed by atoms with Crippen LogP contribution in [-0.4, -0.2) is 28.5 Å². The summed E-state index contributed by atoms with van der Waals surface area (Å²) in [6, 6.07) is 7.44. The van der Waals surface area contributed by atoms with Crippen molar-refractivity contribution >= 4 is 17.5 Å². The molecule has 1 heterocycles. The molecule has 7 nitrogen and oxygen atoms in total. The number of hydrogen-bond acceptors (Lipinski definition) is 5. The number of amides is 2. The molecule has 1 aromatic carbocycles. The van der Waals surface area contributed by atoms with Gasteiger partial charge in [0.25, 0.3) is 0 Å². The molecule has 2 N–H and O–H groups in total. The molecule has 0 aliphatic rings. The largest absolute Gasteiger partial charge is 0.347 e. The Morgan fingerprint density at radius 3 is 2.44 bits per heavy atom. The first-order valence-corrected chi connectivity index (χ1v) is 8.39. The van der Waals surface area contributed by atoms with Gasteiger partial charge in [0.1, 0.15) is 0 Å². The van der Waals surface area contributed by atoms with Crippen molar-refractivity contribution in [2.45, 2.75) is 46.0 Å². The Kier molecular flexibility index (Phi) is 6.27. The Morgan fingerprint density at radius 2 is 1.80 bits per heavy atom. The third-order valence-electron chi connectivity index (χ3n) is 3.66. The summed E-state index contributed by atoms with van der Waals surface area (Å²) in [6.45, 7) is 8.24. The average molecular weight is 344 g/mol. The lowest BCUT2D eigenvalue weighted by atomic mass is 10.0. The fraction of sp³-hybridized carbons (Fsp3) is 0.444. The first-order valence-electron chi connectivity index (χ1n) is 8.39. The van der Waals surface area contributed by atoms with Crippen molar-refractivity contribution in [2.75, 3.05) is 11.9 Å². The van der Waals surface area contributed by atoms with Gasteiger partial charge in [0, 0.05) is 24.6 Å². The van der Waals surface area contributed by atoms with Gasteiger partial charge in [0.05, 0.1) is 0 Å². The third kappa shape index (κ3) is 5.14. The van der Waals surface area contributed by atoms with Gasteiger partial charge in [-0.15, -0.1) is 0 Å². The number of benzene rings is 1. The highest BCUT2D eigenvalue weighted by atomic mass is 16.5. The molecular weight excluding hydrogens is 320 g/mol. The highest BCUT2D eigenvalue weighted by Gasteiger charge is 2.16. The molecular formula is C18H24N4O3. The van der Waals surface area contributed by atoms with Gasteiger partial charge in [-0.1, -0.05) is 51.1 Å². The SMILES string of the molecule is CC(C)c1noc(CCNC(=O)C(=O)Nc2ccccc2C(C)C)n1. The summed E-state index contributed by atoms with van der Waals surface area (Å²) >= 11 is 0. The summed E-state index contributed by atoms with van der Waals surface area (Å²) in [6.07, 6.45) is 0.376. The topological polar surface area (TPSA) is 97.1 Å². The molecule has 2 amide bonds. The van der Waals surface area contributed by atoms with E-state index in [2.05, 4.69) is 20.8 Å². The van der Waals surface area contributed by atoms with Gasteiger partial charge >= 0.3 is 11.8 Å². The predicted octanol–water partition coefficient (Wildman–Crippen LogP) is 2.61. The van der Waals surface area contributed by atoms with Crippen LogP contribution in [0.4, 0.5) is 5.69 Å². The van der Waals surface area contributed by atoms with Gasteiger partial charge in [-0.2, -0.15) is 4.98 Å². The molecule has 0 unspecified atom stereocenters. The second-order valence-corrected chi connectivity index (χ2v) is 6.40. The van der Waals surface area contributed by atoms with Gasteiger partial charge in [-0.05, 0) is 17.5 Å². The van der Waals surface area contributed by atoms with E-state index >= 15 is 0 Å². The second-order valence-electron chi connectivity index (χ2n) is 6.40. The van der Waals surface area contributed by atoms with Crippen molar-refractivity contribution in [1.82, 2.24) is 15.5 Å². The minimum absolute atomic E-state index is 0.180. The van der Waals surface area contributed by atoms with Crippen molar-refractivity contribution in [3.8, 4) is 0 Å². The number of para-hydroxylation sites is 1. The lowest BCUT2D eigenvalue weighted by Crippen LogP contribution is -2.36. The third-order valence-corrected chi connectivity index (χ3v) is 3.66. The molecule has 0 spiro atoms. The molecule has 7 heteroatoms. The van der Waals surface area contributed by atoms with Crippen LogP contribution in [0.15, 0.2) is 28.8 Å². The quantitative estimate of drug-likeness (QED) is 0.785. The van der Waals surface area contributed by atoms with Crippen LogP contribution in [-0.2, 0) is 16.0 Å². The molecule has 1 aromatic heterocycles. The monoisotopic (exact) mass is 344 g/mol. The number of hydrogen-bond donors (Lipinski definition) is 2. The molecule has 134 valence electrons.